The topological polar surface area (TPSA) is 46.3 Å². The summed E-state index contributed by atoms with van der Waals surface area (Å²) in [6.45, 7) is 0. The van der Waals surface area contributed by atoms with E-state index in [0.29, 0.717) is 6.07 Å². The molecule has 0 saturated heterocycles. The minimum atomic E-state index is -0.818. The van der Waals surface area contributed by atoms with Crippen molar-refractivity contribution < 1.29 is 13.6 Å². The van der Waals surface area contributed by atoms with E-state index in [1.54, 1.807) is 0 Å². The standard InChI is InChI=1S/C8H8F2N2O/c1-12(8(11)13)7-3-2-5(9)4-6(7)10/h2-4H,1H3,(H2,11,13). The number of hydrogen-bond donors (Lipinski definition) is 1. The summed E-state index contributed by atoms with van der Waals surface area (Å²) in [4.78, 5) is 11.5. The van der Waals surface area contributed by atoms with Crippen molar-refractivity contribution in [1.82, 2.24) is 0 Å². The number of carbonyl (C=O) groups is 1. The number of nitrogens with zero attached hydrogens (tertiary/aromatic N) is 1. The zero-order valence-electron chi connectivity index (χ0n) is 6.92. The Morgan fingerprint density at radius 2 is 2.08 bits per heavy atom. The molecular weight excluding hydrogens is 178 g/mol. The highest BCUT2D eigenvalue weighted by Gasteiger charge is 2.11. The molecule has 0 aliphatic rings. The van der Waals surface area contributed by atoms with Crippen LogP contribution in [-0.2, 0) is 0 Å². The third-order valence-electron chi connectivity index (χ3n) is 1.60. The van der Waals surface area contributed by atoms with E-state index in [1.807, 2.05) is 0 Å². The average Bonchev–Trinajstić information content (AvgIpc) is 2.03. The van der Waals surface area contributed by atoms with Gasteiger partial charge in [0.15, 0.2) is 0 Å². The predicted molar refractivity (Wildman–Crippen MR) is 44.3 cm³/mol. The van der Waals surface area contributed by atoms with E-state index >= 15 is 0 Å². The lowest BCUT2D eigenvalue weighted by Crippen LogP contribution is -2.32. The summed E-state index contributed by atoms with van der Waals surface area (Å²) in [6.07, 6.45) is 0. The molecule has 0 radical (unpaired) electrons. The molecule has 3 nitrogen and oxygen atoms in total. The largest absolute Gasteiger partial charge is 0.351 e. The first-order valence-corrected chi connectivity index (χ1v) is 3.50. The van der Waals surface area contributed by atoms with Crippen LogP contribution in [0.15, 0.2) is 18.2 Å². The van der Waals surface area contributed by atoms with Crippen LogP contribution in [0.1, 0.15) is 0 Å². The molecule has 0 unspecified atom stereocenters. The number of rotatable bonds is 1. The van der Waals surface area contributed by atoms with E-state index in [1.165, 1.54) is 7.05 Å². The fourth-order valence-electron chi connectivity index (χ4n) is 0.872. The van der Waals surface area contributed by atoms with Gasteiger partial charge in [-0.15, -0.1) is 0 Å². The molecule has 0 aliphatic heterocycles. The molecule has 2 amide bonds. The van der Waals surface area contributed by atoms with Crippen molar-refractivity contribution in [3.8, 4) is 0 Å². The van der Waals surface area contributed by atoms with Gasteiger partial charge in [0.05, 0.1) is 5.69 Å². The van der Waals surface area contributed by atoms with Crippen LogP contribution in [0.2, 0.25) is 0 Å². The first-order chi connectivity index (χ1) is 6.02. The first-order valence-electron chi connectivity index (χ1n) is 3.50. The third kappa shape index (κ3) is 1.93. The van der Waals surface area contributed by atoms with E-state index in [-0.39, 0.29) is 5.69 Å². The molecule has 0 aliphatic carbocycles. The second-order valence-corrected chi connectivity index (χ2v) is 2.49. The molecular formula is C8H8F2N2O. The van der Waals surface area contributed by atoms with E-state index in [4.69, 9.17) is 5.73 Å². The van der Waals surface area contributed by atoms with Crippen LogP contribution < -0.4 is 10.6 Å². The van der Waals surface area contributed by atoms with Crippen molar-refractivity contribution >= 4 is 11.7 Å². The van der Waals surface area contributed by atoms with Crippen molar-refractivity contribution in [2.24, 2.45) is 5.73 Å². The molecule has 0 bridgehead atoms. The summed E-state index contributed by atoms with van der Waals surface area (Å²) in [5, 5.41) is 0. The molecule has 70 valence electrons. The lowest BCUT2D eigenvalue weighted by Gasteiger charge is -2.14. The fourth-order valence-corrected chi connectivity index (χ4v) is 0.872. The van der Waals surface area contributed by atoms with Gasteiger partial charge in [0.25, 0.3) is 0 Å². The molecule has 0 aromatic heterocycles. The molecule has 13 heavy (non-hydrogen) atoms. The average molecular weight is 186 g/mol. The maximum atomic E-state index is 13.0. The van der Waals surface area contributed by atoms with E-state index in [0.717, 1.165) is 17.0 Å². The summed E-state index contributed by atoms with van der Waals surface area (Å²) in [6, 6.07) is 2.09. The van der Waals surface area contributed by atoms with Gasteiger partial charge in [0.1, 0.15) is 11.6 Å². The van der Waals surface area contributed by atoms with E-state index in [2.05, 4.69) is 0 Å². The molecule has 0 saturated carbocycles. The second kappa shape index (κ2) is 3.38. The number of nitrogens with two attached hydrogens (primary N) is 1. The van der Waals surface area contributed by atoms with Crippen LogP contribution in [0.3, 0.4) is 0 Å². The molecule has 0 atom stereocenters. The van der Waals surface area contributed by atoms with Crippen LogP contribution in [0.25, 0.3) is 0 Å². The summed E-state index contributed by atoms with van der Waals surface area (Å²) < 4.78 is 25.4. The minimum absolute atomic E-state index is 0.0473. The van der Waals surface area contributed by atoms with Crippen LogP contribution in [0.4, 0.5) is 19.3 Å². The molecule has 0 fully saturated rings. The van der Waals surface area contributed by atoms with Gasteiger partial charge in [0.2, 0.25) is 0 Å². The van der Waals surface area contributed by atoms with Gasteiger partial charge in [-0.1, -0.05) is 0 Å². The van der Waals surface area contributed by atoms with E-state index < -0.39 is 17.7 Å². The van der Waals surface area contributed by atoms with Gasteiger partial charge >= 0.3 is 6.03 Å². The van der Waals surface area contributed by atoms with Crippen molar-refractivity contribution in [3.63, 3.8) is 0 Å². The predicted octanol–water partition coefficient (Wildman–Crippen LogP) is 1.48. The van der Waals surface area contributed by atoms with Crippen LogP contribution in [0, 0.1) is 11.6 Å². The zero-order valence-corrected chi connectivity index (χ0v) is 6.92. The minimum Gasteiger partial charge on any atom is -0.351 e. The number of primary amides is 1. The van der Waals surface area contributed by atoms with Crippen LogP contribution in [0.5, 0.6) is 0 Å². The zero-order chi connectivity index (χ0) is 10.0. The Bertz CT molecular complexity index is 341. The Labute approximate surface area is 73.8 Å². The Kier molecular flexibility index (Phi) is 2.46. The number of benzene rings is 1. The normalized spacial score (nSPS) is 9.77. The first kappa shape index (κ1) is 9.44. The summed E-state index contributed by atoms with van der Waals surface area (Å²) in [7, 11) is 1.30. The number of amides is 2. The Balaban J connectivity index is 3.08. The van der Waals surface area contributed by atoms with Crippen molar-refractivity contribution in [2.75, 3.05) is 11.9 Å². The highest BCUT2D eigenvalue weighted by Crippen LogP contribution is 2.18. The van der Waals surface area contributed by atoms with Crippen molar-refractivity contribution in [1.29, 1.82) is 0 Å². The van der Waals surface area contributed by atoms with Gasteiger partial charge in [-0.2, -0.15) is 0 Å². The molecule has 1 rings (SSSR count). The quantitative estimate of drug-likeness (QED) is 0.709. The third-order valence-corrected chi connectivity index (χ3v) is 1.60. The molecule has 5 heteroatoms. The van der Waals surface area contributed by atoms with Gasteiger partial charge in [-0.3, -0.25) is 4.90 Å². The monoisotopic (exact) mass is 186 g/mol. The molecule has 1 aromatic rings. The van der Waals surface area contributed by atoms with Gasteiger partial charge in [0, 0.05) is 13.1 Å². The summed E-state index contributed by atoms with van der Waals surface area (Å²) in [5.41, 5.74) is 4.85. The Morgan fingerprint density at radius 3 is 2.54 bits per heavy atom. The maximum Gasteiger partial charge on any atom is 0.319 e. The number of halogens is 2. The second-order valence-electron chi connectivity index (χ2n) is 2.49. The lowest BCUT2D eigenvalue weighted by molar-refractivity contribution is 0.255. The van der Waals surface area contributed by atoms with Crippen molar-refractivity contribution in [2.45, 2.75) is 0 Å². The van der Waals surface area contributed by atoms with Crippen molar-refractivity contribution in [3.05, 3.63) is 29.8 Å². The summed E-state index contributed by atoms with van der Waals surface area (Å²) >= 11 is 0. The number of carbonyl (C=O) groups excluding carboxylic acids is 1. The molecule has 0 heterocycles. The Morgan fingerprint density at radius 1 is 1.46 bits per heavy atom. The number of anilines is 1. The van der Waals surface area contributed by atoms with Crippen LogP contribution in [-0.4, -0.2) is 13.1 Å². The highest BCUT2D eigenvalue weighted by atomic mass is 19.1. The molecule has 0 spiro atoms. The SMILES string of the molecule is CN(C(N)=O)c1ccc(F)cc1F. The lowest BCUT2D eigenvalue weighted by atomic mass is 10.3. The van der Waals surface area contributed by atoms with Gasteiger partial charge < -0.3 is 5.73 Å². The smallest absolute Gasteiger partial charge is 0.319 e. The number of hydrogen-bond acceptors (Lipinski definition) is 1. The van der Waals surface area contributed by atoms with Crippen LogP contribution >= 0.6 is 0 Å². The summed E-state index contributed by atoms with van der Waals surface area (Å²) in [5.74, 6) is -1.51. The maximum absolute atomic E-state index is 13.0. The Hall–Kier alpha value is -1.65. The highest BCUT2D eigenvalue weighted by molar-refractivity contribution is 5.90. The number of urea groups is 1. The molecule has 1 aromatic carbocycles. The molecule has 2 N–H and O–H groups in total. The van der Waals surface area contributed by atoms with Gasteiger partial charge in [-0.25, -0.2) is 13.6 Å². The van der Waals surface area contributed by atoms with Gasteiger partial charge in [-0.05, 0) is 12.1 Å². The fraction of sp³-hybridized carbons (Fsp3) is 0.125. The van der Waals surface area contributed by atoms with E-state index in [9.17, 15) is 13.6 Å².